The summed E-state index contributed by atoms with van der Waals surface area (Å²) < 4.78 is 0. The standard InChI is InChI=1S/C22H33N3/c1-17-6-4-7-19-18(2)20(23-21(17)19)16-25-14-10-22(11-15-25)8-5-12-24(3)13-9-22/h4,6-7,23H,5,8-16H2,1-3H3. The molecule has 3 heteroatoms. The molecule has 2 saturated heterocycles. The number of nitrogens with zero attached hydrogens (tertiary/aromatic N) is 2. The Kier molecular flexibility index (Phi) is 4.63. The fourth-order valence-electron chi connectivity index (χ4n) is 5.01. The molecule has 0 unspecified atom stereocenters. The molecule has 1 spiro atoms. The molecule has 25 heavy (non-hydrogen) atoms. The van der Waals surface area contributed by atoms with E-state index < -0.39 is 0 Å². The van der Waals surface area contributed by atoms with Crippen molar-refractivity contribution in [1.29, 1.82) is 0 Å². The minimum absolute atomic E-state index is 0.632. The van der Waals surface area contributed by atoms with Crippen LogP contribution in [0.15, 0.2) is 18.2 Å². The van der Waals surface area contributed by atoms with Crippen LogP contribution in [0.4, 0.5) is 0 Å². The van der Waals surface area contributed by atoms with Crippen LogP contribution in [0, 0.1) is 19.3 Å². The van der Waals surface area contributed by atoms with E-state index in [2.05, 4.69) is 53.9 Å². The van der Waals surface area contributed by atoms with Gasteiger partial charge in [-0.25, -0.2) is 0 Å². The van der Waals surface area contributed by atoms with Crippen LogP contribution in [0.3, 0.4) is 0 Å². The summed E-state index contributed by atoms with van der Waals surface area (Å²) >= 11 is 0. The SMILES string of the molecule is Cc1c(CN2CCC3(CCCN(C)CC3)CC2)[nH]c2c(C)cccc12. The molecule has 0 bridgehead atoms. The second kappa shape index (κ2) is 6.77. The van der Waals surface area contributed by atoms with Crippen molar-refractivity contribution in [3.05, 3.63) is 35.0 Å². The molecule has 3 heterocycles. The number of aryl methyl sites for hydroxylation is 2. The molecule has 2 aliphatic rings. The maximum absolute atomic E-state index is 3.72. The smallest absolute Gasteiger partial charge is 0.0488 e. The van der Waals surface area contributed by atoms with Crippen LogP contribution >= 0.6 is 0 Å². The Bertz CT molecular complexity index is 737. The molecule has 0 atom stereocenters. The van der Waals surface area contributed by atoms with Gasteiger partial charge in [-0.05, 0) is 95.7 Å². The molecule has 4 rings (SSSR count). The first-order chi connectivity index (χ1) is 12.1. The first-order valence-corrected chi connectivity index (χ1v) is 10.0. The number of hydrogen-bond donors (Lipinski definition) is 1. The van der Waals surface area contributed by atoms with Crippen LogP contribution in [0.1, 0.15) is 48.9 Å². The molecule has 0 radical (unpaired) electrons. The normalized spacial score (nSPS) is 22.5. The lowest BCUT2D eigenvalue weighted by Crippen LogP contribution is -2.40. The lowest BCUT2D eigenvalue weighted by molar-refractivity contribution is 0.0842. The highest BCUT2D eigenvalue weighted by Crippen LogP contribution is 2.41. The van der Waals surface area contributed by atoms with E-state index in [4.69, 9.17) is 0 Å². The van der Waals surface area contributed by atoms with Crippen LogP contribution in [-0.4, -0.2) is 48.0 Å². The monoisotopic (exact) mass is 339 g/mol. The number of benzene rings is 1. The topological polar surface area (TPSA) is 22.3 Å². The number of nitrogens with one attached hydrogen (secondary N) is 1. The van der Waals surface area contributed by atoms with Gasteiger partial charge in [0.1, 0.15) is 0 Å². The molecule has 3 nitrogen and oxygen atoms in total. The molecule has 1 aromatic heterocycles. The van der Waals surface area contributed by atoms with Crippen LogP contribution in [0.2, 0.25) is 0 Å². The van der Waals surface area contributed by atoms with E-state index in [9.17, 15) is 0 Å². The number of para-hydroxylation sites is 1. The summed E-state index contributed by atoms with van der Waals surface area (Å²) in [4.78, 5) is 8.92. The highest BCUT2D eigenvalue weighted by molar-refractivity contribution is 5.86. The predicted octanol–water partition coefficient (Wildman–Crippen LogP) is 4.48. The Morgan fingerprint density at radius 2 is 1.76 bits per heavy atom. The highest BCUT2D eigenvalue weighted by Gasteiger charge is 2.35. The third-order valence-corrected chi connectivity index (χ3v) is 6.97. The molecule has 2 fully saturated rings. The Morgan fingerprint density at radius 1 is 1.00 bits per heavy atom. The van der Waals surface area contributed by atoms with Gasteiger partial charge in [-0.2, -0.15) is 0 Å². The van der Waals surface area contributed by atoms with Crippen LogP contribution in [0.5, 0.6) is 0 Å². The van der Waals surface area contributed by atoms with E-state index in [0.717, 1.165) is 6.54 Å². The number of piperidine rings is 1. The molecule has 0 saturated carbocycles. The van der Waals surface area contributed by atoms with Gasteiger partial charge < -0.3 is 9.88 Å². The van der Waals surface area contributed by atoms with Crippen molar-refractivity contribution in [1.82, 2.24) is 14.8 Å². The summed E-state index contributed by atoms with van der Waals surface area (Å²) in [5.41, 5.74) is 6.17. The minimum Gasteiger partial charge on any atom is -0.357 e. The van der Waals surface area contributed by atoms with Gasteiger partial charge in [0.25, 0.3) is 0 Å². The van der Waals surface area contributed by atoms with Crippen molar-refractivity contribution in [2.75, 3.05) is 33.2 Å². The third-order valence-electron chi connectivity index (χ3n) is 6.97. The van der Waals surface area contributed by atoms with Crippen molar-refractivity contribution in [2.24, 2.45) is 5.41 Å². The first-order valence-electron chi connectivity index (χ1n) is 10.0. The highest BCUT2D eigenvalue weighted by atomic mass is 15.1. The van der Waals surface area contributed by atoms with Gasteiger partial charge >= 0.3 is 0 Å². The number of aromatic amines is 1. The van der Waals surface area contributed by atoms with Gasteiger partial charge in [0, 0.05) is 23.1 Å². The lowest BCUT2D eigenvalue weighted by Gasteiger charge is -2.41. The number of H-pyrrole nitrogens is 1. The molecule has 1 N–H and O–H groups in total. The van der Waals surface area contributed by atoms with E-state index in [0.29, 0.717) is 5.41 Å². The number of hydrogen-bond acceptors (Lipinski definition) is 2. The van der Waals surface area contributed by atoms with Crippen LogP contribution < -0.4 is 0 Å². The van der Waals surface area contributed by atoms with Crippen molar-refractivity contribution >= 4 is 10.9 Å². The second-order valence-electron chi connectivity index (χ2n) is 8.66. The summed E-state index contributed by atoms with van der Waals surface area (Å²) in [6, 6.07) is 6.64. The quantitative estimate of drug-likeness (QED) is 0.871. The minimum atomic E-state index is 0.632. The van der Waals surface area contributed by atoms with Crippen molar-refractivity contribution in [3.8, 4) is 0 Å². The predicted molar refractivity (Wildman–Crippen MR) is 106 cm³/mol. The van der Waals surface area contributed by atoms with Crippen LogP contribution in [-0.2, 0) is 6.54 Å². The van der Waals surface area contributed by atoms with Crippen molar-refractivity contribution < 1.29 is 0 Å². The molecule has 136 valence electrons. The summed E-state index contributed by atoms with van der Waals surface area (Å²) in [6.07, 6.45) is 7.01. The average Bonchev–Trinajstić information content (AvgIpc) is 2.81. The Hall–Kier alpha value is -1.32. The summed E-state index contributed by atoms with van der Waals surface area (Å²) in [6.45, 7) is 10.7. The van der Waals surface area contributed by atoms with Crippen molar-refractivity contribution in [2.45, 2.75) is 52.5 Å². The van der Waals surface area contributed by atoms with E-state index in [1.165, 1.54) is 86.0 Å². The Morgan fingerprint density at radius 3 is 2.52 bits per heavy atom. The number of fused-ring (bicyclic) bond motifs is 1. The summed E-state index contributed by atoms with van der Waals surface area (Å²) in [5.74, 6) is 0. The first kappa shape index (κ1) is 17.1. The van der Waals surface area contributed by atoms with Gasteiger partial charge in [0.2, 0.25) is 0 Å². The maximum atomic E-state index is 3.72. The molecular formula is C22H33N3. The second-order valence-corrected chi connectivity index (χ2v) is 8.66. The number of likely N-dealkylation sites (tertiary alicyclic amines) is 2. The number of rotatable bonds is 2. The van der Waals surface area contributed by atoms with E-state index >= 15 is 0 Å². The molecule has 0 amide bonds. The molecule has 2 aliphatic heterocycles. The van der Waals surface area contributed by atoms with E-state index in [-0.39, 0.29) is 0 Å². The zero-order chi connectivity index (χ0) is 17.4. The average molecular weight is 340 g/mol. The number of aromatic nitrogens is 1. The maximum Gasteiger partial charge on any atom is 0.0488 e. The van der Waals surface area contributed by atoms with Gasteiger partial charge in [-0.1, -0.05) is 18.2 Å². The molecule has 0 aliphatic carbocycles. The van der Waals surface area contributed by atoms with Gasteiger partial charge in [0.15, 0.2) is 0 Å². The van der Waals surface area contributed by atoms with Gasteiger partial charge in [-0.3, -0.25) is 4.90 Å². The molecular weight excluding hydrogens is 306 g/mol. The Balaban J connectivity index is 1.44. The fourth-order valence-corrected chi connectivity index (χ4v) is 5.01. The van der Waals surface area contributed by atoms with E-state index in [1.54, 1.807) is 0 Å². The van der Waals surface area contributed by atoms with E-state index in [1.807, 2.05) is 0 Å². The summed E-state index contributed by atoms with van der Waals surface area (Å²) in [7, 11) is 2.29. The third kappa shape index (κ3) is 3.37. The summed E-state index contributed by atoms with van der Waals surface area (Å²) in [5, 5.41) is 1.40. The van der Waals surface area contributed by atoms with Crippen molar-refractivity contribution in [3.63, 3.8) is 0 Å². The molecule has 2 aromatic rings. The molecule has 1 aromatic carbocycles. The lowest BCUT2D eigenvalue weighted by atomic mass is 9.73. The Labute approximate surface area is 152 Å². The fraction of sp³-hybridized carbons (Fsp3) is 0.636. The largest absolute Gasteiger partial charge is 0.357 e. The van der Waals surface area contributed by atoms with Crippen LogP contribution in [0.25, 0.3) is 10.9 Å². The van der Waals surface area contributed by atoms with Gasteiger partial charge in [0.05, 0.1) is 0 Å². The zero-order valence-electron chi connectivity index (χ0n) is 16.2. The zero-order valence-corrected chi connectivity index (χ0v) is 16.2. The van der Waals surface area contributed by atoms with Gasteiger partial charge in [-0.15, -0.1) is 0 Å².